The second-order valence-corrected chi connectivity index (χ2v) is 8.00. The van der Waals surface area contributed by atoms with Crippen LogP contribution in [0.4, 0.5) is 4.79 Å². The van der Waals surface area contributed by atoms with Gasteiger partial charge in [-0.05, 0) is 38.7 Å². The average molecular weight is 527 g/mol. The highest BCUT2D eigenvalue weighted by Gasteiger charge is 2.45. The van der Waals surface area contributed by atoms with Gasteiger partial charge in [0.15, 0.2) is 5.96 Å². The summed E-state index contributed by atoms with van der Waals surface area (Å²) < 4.78 is 0. The van der Waals surface area contributed by atoms with E-state index in [2.05, 4.69) is 52.8 Å². The molecule has 2 N–H and O–H groups in total. The van der Waals surface area contributed by atoms with E-state index in [9.17, 15) is 9.59 Å². The third-order valence-corrected chi connectivity index (χ3v) is 5.95. The third-order valence-electron chi connectivity index (χ3n) is 5.95. The van der Waals surface area contributed by atoms with Gasteiger partial charge in [0.05, 0.1) is 0 Å². The SMILES string of the molecule is CCNC(=NCCCN1C(=O)NC(C)(CC)C1=O)N1CCC(c2ccccc2)C1.I. The summed E-state index contributed by atoms with van der Waals surface area (Å²) in [6, 6.07) is 10.3. The van der Waals surface area contributed by atoms with Gasteiger partial charge < -0.3 is 15.5 Å². The fourth-order valence-electron chi connectivity index (χ4n) is 3.98. The zero-order valence-electron chi connectivity index (χ0n) is 18.2. The Morgan fingerprint density at radius 1 is 1.27 bits per heavy atom. The van der Waals surface area contributed by atoms with Gasteiger partial charge in [-0.25, -0.2) is 4.79 Å². The lowest BCUT2D eigenvalue weighted by atomic mass is 9.99. The number of likely N-dealkylation sites (tertiary alicyclic amines) is 1. The molecule has 3 rings (SSSR count). The van der Waals surface area contributed by atoms with Crippen molar-refractivity contribution >= 4 is 41.9 Å². The molecule has 0 saturated carbocycles. The summed E-state index contributed by atoms with van der Waals surface area (Å²) in [5.41, 5.74) is 0.612. The predicted molar refractivity (Wildman–Crippen MR) is 130 cm³/mol. The van der Waals surface area contributed by atoms with Crippen LogP contribution in [0.5, 0.6) is 0 Å². The van der Waals surface area contributed by atoms with Crippen molar-refractivity contribution < 1.29 is 9.59 Å². The number of rotatable bonds is 7. The van der Waals surface area contributed by atoms with Gasteiger partial charge in [0.1, 0.15) is 5.54 Å². The number of carbonyl (C=O) groups excluding carboxylic acids is 2. The molecule has 2 saturated heterocycles. The van der Waals surface area contributed by atoms with Gasteiger partial charge in [-0.2, -0.15) is 0 Å². The molecule has 2 aliphatic heterocycles. The second-order valence-electron chi connectivity index (χ2n) is 8.00. The van der Waals surface area contributed by atoms with Crippen LogP contribution in [0.3, 0.4) is 0 Å². The molecule has 0 aromatic heterocycles. The van der Waals surface area contributed by atoms with Crippen LogP contribution < -0.4 is 10.6 Å². The zero-order chi connectivity index (χ0) is 20.9. The number of guanidine groups is 1. The molecule has 7 nitrogen and oxygen atoms in total. The molecule has 3 amide bonds. The van der Waals surface area contributed by atoms with Crippen molar-refractivity contribution in [1.29, 1.82) is 0 Å². The molecule has 0 radical (unpaired) electrons. The first kappa shape index (κ1) is 24.4. The maximum absolute atomic E-state index is 12.5. The van der Waals surface area contributed by atoms with Gasteiger partial charge in [0.25, 0.3) is 5.91 Å². The highest BCUT2D eigenvalue weighted by molar-refractivity contribution is 14.0. The molecule has 2 atom stereocenters. The normalized spacial score (nSPS) is 24.1. The van der Waals surface area contributed by atoms with Gasteiger partial charge in [-0.3, -0.25) is 14.7 Å². The molecule has 1 aromatic carbocycles. The Morgan fingerprint density at radius 3 is 2.63 bits per heavy atom. The van der Waals surface area contributed by atoms with E-state index in [1.54, 1.807) is 6.92 Å². The Kier molecular flexibility index (Phi) is 8.93. The minimum absolute atomic E-state index is 0. The maximum atomic E-state index is 12.5. The lowest BCUT2D eigenvalue weighted by Crippen LogP contribution is -2.43. The topological polar surface area (TPSA) is 77.0 Å². The van der Waals surface area contributed by atoms with Crippen LogP contribution in [-0.2, 0) is 4.79 Å². The molecule has 1 aromatic rings. The molecule has 2 fully saturated rings. The average Bonchev–Trinajstić information content (AvgIpc) is 3.30. The van der Waals surface area contributed by atoms with Crippen molar-refractivity contribution in [2.45, 2.75) is 51.5 Å². The molecular weight excluding hydrogens is 493 g/mol. The van der Waals surface area contributed by atoms with Crippen molar-refractivity contribution in [2.75, 3.05) is 32.7 Å². The number of imide groups is 1. The van der Waals surface area contributed by atoms with E-state index in [1.165, 1.54) is 10.5 Å². The quantitative estimate of drug-likeness (QED) is 0.188. The predicted octanol–water partition coefficient (Wildman–Crippen LogP) is 3.17. The fraction of sp³-hybridized carbons (Fsp3) is 0.591. The van der Waals surface area contributed by atoms with Gasteiger partial charge in [0.2, 0.25) is 0 Å². The largest absolute Gasteiger partial charge is 0.357 e. The smallest absolute Gasteiger partial charge is 0.325 e. The van der Waals surface area contributed by atoms with Crippen molar-refractivity contribution in [1.82, 2.24) is 20.4 Å². The van der Waals surface area contributed by atoms with Crippen molar-refractivity contribution in [3.05, 3.63) is 35.9 Å². The van der Waals surface area contributed by atoms with E-state index in [1.807, 2.05) is 6.92 Å². The van der Waals surface area contributed by atoms with Crippen LogP contribution in [0.15, 0.2) is 35.3 Å². The summed E-state index contributed by atoms with van der Waals surface area (Å²) in [6.07, 6.45) is 2.37. The van der Waals surface area contributed by atoms with E-state index < -0.39 is 5.54 Å². The zero-order valence-corrected chi connectivity index (χ0v) is 20.5. The molecule has 166 valence electrons. The number of amides is 3. The van der Waals surface area contributed by atoms with Crippen LogP contribution in [-0.4, -0.2) is 66.0 Å². The highest BCUT2D eigenvalue weighted by Crippen LogP contribution is 2.27. The molecule has 2 unspecified atom stereocenters. The standard InChI is InChI=1S/C22H33N5O2.HI/c1-4-22(3)19(28)27(21(29)25-22)14-9-13-24-20(23-5-2)26-15-12-18(16-26)17-10-7-6-8-11-17;/h6-8,10-11,18H,4-5,9,12-16H2,1-3H3,(H,23,24)(H,25,29);1H. The Hall–Kier alpha value is -1.84. The van der Waals surface area contributed by atoms with Crippen LogP contribution >= 0.6 is 24.0 Å². The Bertz CT molecular complexity index is 757. The molecule has 0 bridgehead atoms. The Balaban J connectivity index is 0.00000320. The number of benzene rings is 1. The fourth-order valence-corrected chi connectivity index (χ4v) is 3.98. The molecule has 2 heterocycles. The Labute approximate surface area is 196 Å². The first-order valence-corrected chi connectivity index (χ1v) is 10.7. The van der Waals surface area contributed by atoms with Crippen LogP contribution in [0.2, 0.25) is 0 Å². The summed E-state index contributed by atoms with van der Waals surface area (Å²) in [5, 5.41) is 6.18. The highest BCUT2D eigenvalue weighted by atomic mass is 127. The van der Waals surface area contributed by atoms with E-state index in [4.69, 9.17) is 4.99 Å². The lowest BCUT2D eigenvalue weighted by Gasteiger charge is -2.22. The van der Waals surface area contributed by atoms with Crippen LogP contribution in [0, 0.1) is 0 Å². The number of halogens is 1. The van der Waals surface area contributed by atoms with Crippen molar-refractivity contribution in [3.8, 4) is 0 Å². The molecule has 2 aliphatic rings. The Morgan fingerprint density at radius 2 is 2.00 bits per heavy atom. The number of urea groups is 1. The van der Waals surface area contributed by atoms with E-state index in [-0.39, 0.29) is 35.9 Å². The summed E-state index contributed by atoms with van der Waals surface area (Å²) in [5.74, 6) is 1.31. The van der Waals surface area contributed by atoms with Gasteiger partial charge in [-0.15, -0.1) is 24.0 Å². The first-order valence-electron chi connectivity index (χ1n) is 10.7. The third kappa shape index (κ3) is 5.44. The monoisotopic (exact) mass is 527 g/mol. The number of nitrogens with one attached hydrogen (secondary N) is 2. The van der Waals surface area contributed by atoms with Crippen molar-refractivity contribution in [3.63, 3.8) is 0 Å². The molecular formula is C22H34IN5O2. The summed E-state index contributed by atoms with van der Waals surface area (Å²) >= 11 is 0. The molecule has 0 aliphatic carbocycles. The summed E-state index contributed by atoms with van der Waals surface area (Å²) in [7, 11) is 0. The molecule has 30 heavy (non-hydrogen) atoms. The minimum Gasteiger partial charge on any atom is -0.357 e. The number of carbonyl (C=O) groups is 2. The van der Waals surface area contributed by atoms with Gasteiger partial charge in [-0.1, -0.05) is 37.3 Å². The maximum Gasteiger partial charge on any atom is 0.325 e. The minimum atomic E-state index is -0.767. The summed E-state index contributed by atoms with van der Waals surface area (Å²) in [4.78, 5) is 33.0. The van der Waals surface area contributed by atoms with Gasteiger partial charge >= 0.3 is 6.03 Å². The second kappa shape index (κ2) is 11.0. The first-order chi connectivity index (χ1) is 14.0. The van der Waals surface area contributed by atoms with E-state index in [0.29, 0.717) is 31.8 Å². The summed E-state index contributed by atoms with van der Waals surface area (Å²) in [6.45, 7) is 9.49. The number of hydrogen-bond donors (Lipinski definition) is 2. The number of hydrogen-bond acceptors (Lipinski definition) is 3. The van der Waals surface area contributed by atoms with Crippen LogP contribution in [0.25, 0.3) is 0 Å². The lowest BCUT2D eigenvalue weighted by molar-refractivity contribution is -0.130. The number of aliphatic imine (C=N–C) groups is 1. The van der Waals surface area contributed by atoms with Crippen molar-refractivity contribution in [2.24, 2.45) is 4.99 Å². The van der Waals surface area contributed by atoms with E-state index in [0.717, 1.165) is 32.0 Å². The molecule has 0 spiro atoms. The van der Waals surface area contributed by atoms with Gasteiger partial charge in [0, 0.05) is 38.6 Å². The van der Waals surface area contributed by atoms with Crippen LogP contribution in [0.1, 0.15) is 51.5 Å². The van der Waals surface area contributed by atoms with E-state index >= 15 is 0 Å². The molecule has 8 heteroatoms. The number of nitrogens with zero attached hydrogens (tertiary/aromatic N) is 3.